The van der Waals surface area contributed by atoms with Gasteiger partial charge in [0.05, 0.1) is 0 Å². The molecule has 1 heterocycles. The predicted octanol–water partition coefficient (Wildman–Crippen LogP) is 2.35. The minimum Gasteiger partial charge on any atom is -0.454 e. The smallest absolute Gasteiger partial charge is 0.326 e. The van der Waals surface area contributed by atoms with Crippen LogP contribution in [0, 0.1) is 6.92 Å². The van der Waals surface area contributed by atoms with Crippen LogP contribution in [0.25, 0.3) is 0 Å². The molecule has 9 heteroatoms. The molecular weight excluding hydrogens is 418 g/mol. The number of nitrogens with one attached hydrogen (secondary N) is 2. The first-order valence-electron chi connectivity index (χ1n) is 8.58. The lowest BCUT2D eigenvalue weighted by molar-refractivity contribution is -0.150. The predicted molar refractivity (Wildman–Crippen MR) is 102 cm³/mol. The summed E-state index contributed by atoms with van der Waals surface area (Å²) >= 11 is 3.33. The van der Waals surface area contributed by atoms with Crippen molar-refractivity contribution < 1.29 is 23.9 Å². The van der Waals surface area contributed by atoms with Crippen LogP contribution in [0.2, 0.25) is 0 Å². The zero-order valence-corrected chi connectivity index (χ0v) is 17.0. The number of halogens is 1. The van der Waals surface area contributed by atoms with Gasteiger partial charge in [-0.2, -0.15) is 0 Å². The van der Waals surface area contributed by atoms with E-state index < -0.39 is 42.5 Å². The number of amides is 4. The quantitative estimate of drug-likeness (QED) is 0.501. The fraction of sp³-hybridized carbons (Fsp3) is 0.444. The Hall–Kier alpha value is -2.42. The maximum atomic E-state index is 12.4. The minimum absolute atomic E-state index is 0.425. The lowest BCUT2D eigenvalue weighted by Gasteiger charge is -2.22. The molecule has 0 aliphatic carbocycles. The summed E-state index contributed by atoms with van der Waals surface area (Å²) in [6, 6.07) is 4.71. The highest BCUT2D eigenvalue weighted by Gasteiger charge is 2.49. The molecule has 2 N–H and O–H groups in total. The van der Waals surface area contributed by atoms with E-state index in [1.165, 1.54) is 0 Å². The van der Waals surface area contributed by atoms with E-state index in [0.717, 1.165) is 14.9 Å². The van der Waals surface area contributed by atoms with E-state index in [9.17, 15) is 19.2 Å². The second-order valence-corrected chi connectivity index (χ2v) is 7.19. The van der Waals surface area contributed by atoms with Crippen molar-refractivity contribution in [1.29, 1.82) is 0 Å². The number of carbonyl (C=O) groups is 4. The molecule has 2 rings (SSSR count). The second-order valence-electron chi connectivity index (χ2n) is 6.28. The Labute approximate surface area is 165 Å². The molecule has 1 aromatic rings. The van der Waals surface area contributed by atoms with Crippen molar-refractivity contribution in [3.05, 3.63) is 28.2 Å². The summed E-state index contributed by atoms with van der Waals surface area (Å²) in [5.74, 6) is -1.80. The van der Waals surface area contributed by atoms with Crippen LogP contribution < -0.4 is 10.6 Å². The molecule has 0 unspecified atom stereocenters. The number of urea groups is 1. The number of nitrogens with zero attached hydrogens (tertiary/aromatic N) is 1. The zero-order chi connectivity index (χ0) is 20.2. The molecule has 0 spiro atoms. The number of carbonyl (C=O) groups excluding carboxylic acids is 4. The van der Waals surface area contributed by atoms with E-state index in [-0.39, 0.29) is 0 Å². The molecule has 1 saturated heterocycles. The van der Waals surface area contributed by atoms with Crippen LogP contribution in [0.3, 0.4) is 0 Å². The van der Waals surface area contributed by atoms with Gasteiger partial charge in [0.25, 0.3) is 11.8 Å². The fourth-order valence-corrected chi connectivity index (χ4v) is 3.30. The molecule has 4 amide bonds. The molecular formula is C18H22BrN3O5. The van der Waals surface area contributed by atoms with Crippen molar-refractivity contribution in [3.8, 4) is 0 Å². The second kappa shape index (κ2) is 8.51. The van der Waals surface area contributed by atoms with Gasteiger partial charge in [0.1, 0.15) is 12.1 Å². The van der Waals surface area contributed by atoms with Gasteiger partial charge in [-0.3, -0.25) is 19.3 Å². The Kier molecular flexibility index (Phi) is 6.59. The highest BCUT2D eigenvalue weighted by Crippen LogP contribution is 2.24. The Morgan fingerprint density at radius 2 is 1.93 bits per heavy atom. The number of hydrogen-bond acceptors (Lipinski definition) is 5. The third-order valence-electron chi connectivity index (χ3n) is 4.57. The molecule has 0 bridgehead atoms. The van der Waals surface area contributed by atoms with Crippen molar-refractivity contribution in [2.24, 2.45) is 0 Å². The third kappa shape index (κ3) is 4.65. The Morgan fingerprint density at radius 3 is 2.48 bits per heavy atom. The minimum atomic E-state index is -0.978. The monoisotopic (exact) mass is 439 g/mol. The molecule has 0 saturated carbocycles. The van der Waals surface area contributed by atoms with Gasteiger partial charge in [0, 0.05) is 10.2 Å². The summed E-state index contributed by atoms with van der Waals surface area (Å²) in [6.45, 7) is 4.37. The molecule has 1 aliphatic rings. The molecule has 1 aromatic carbocycles. The topological polar surface area (TPSA) is 105 Å². The Bertz CT molecular complexity index is 776. The number of ether oxygens (including phenoxy) is 1. The summed E-state index contributed by atoms with van der Waals surface area (Å²) in [5.41, 5.74) is 0.469. The fourth-order valence-electron chi connectivity index (χ4n) is 2.82. The normalized spacial score (nSPS) is 15.5. The number of rotatable bonds is 7. The van der Waals surface area contributed by atoms with Crippen LogP contribution in [-0.4, -0.2) is 47.4 Å². The van der Waals surface area contributed by atoms with Gasteiger partial charge in [0.2, 0.25) is 0 Å². The first-order chi connectivity index (χ1) is 12.7. The van der Waals surface area contributed by atoms with Crippen molar-refractivity contribution >= 4 is 45.4 Å². The molecule has 1 fully saturated rings. The maximum Gasteiger partial charge on any atom is 0.326 e. The van der Waals surface area contributed by atoms with Crippen LogP contribution in [0.1, 0.15) is 32.3 Å². The molecule has 0 atom stereocenters. The van der Waals surface area contributed by atoms with Crippen LogP contribution >= 0.6 is 15.9 Å². The van der Waals surface area contributed by atoms with Crippen LogP contribution in [0.4, 0.5) is 10.5 Å². The van der Waals surface area contributed by atoms with E-state index in [0.29, 0.717) is 18.5 Å². The van der Waals surface area contributed by atoms with Gasteiger partial charge in [-0.05, 0) is 43.5 Å². The van der Waals surface area contributed by atoms with Gasteiger partial charge in [-0.15, -0.1) is 0 Å². The molecule has 0 radical (unpaired) electrons. The highest BCUT2D eigenvalue weighted by molar-refractivity contribution is 9.10. The number of benzene rings is 1. The standard InChI is InChI=1S/C18H22BrN3O5/c1-4-18(5-2)16(25)22(17(26)21-18)9-15(24)27-10-14(23)20-13-7-6-12(19)8-11(13)3/h6-8H,4-5,9-10H2,1-3H3,(H,20,23)(H,21,26). The maximum absolute atomic E-state index is 12.4. The summed E-state index contributed by atoms with van der Waals surface area (Å²) in [6.07, 6.45) is 0.850. The van der Waals surface area contributed by atoms with E-state index in [1.807, 2.05) is 13.0 Å². The first-order valence-corrected chi connectivity index (χ1v) is 9.37. The lowest BCUT2D eigenvalue weighted by Crippen LogP contribution is -2.46. The van der Waals surface area contributed by atoms with Gasteiger partial charge in [-0.25, -0.2) is 4.79 Å². The number of hydrogen-bond donors (Lipinski definition) is 2. The van der Waals surface area contributed by atoms with Crippen molar-refractivity contribution in [3.63, 3.8) is 0 Å². The highest BCUT2D eigenvalue weighted by atomic mass is 79.9. The van der Waals surface area contributed by atoms with Gasteiger partial charge >= 0.3 is 12.0 Å². The van der Waals surface area contributed by atoms with Crippen LogP contribution in [0.15, 0.2) is 22.7 Å². The lowest BCUT2D eigenvalue weighted by atomic mass is 9.93. The van der Waals surface area contributed by atoms with Crippen LogP contribution in [-0.2, 0) is 19.1 Å². The van der Waals surface area contributed by atoms with E-state index in [2.05, 4.69) is 26.6 Å². The first kappa shape index (κ1) is 20.9. The van der Waals surface area contributed by atoms with Crippen molar-refractivity contribution in [2.45, 2.75) is 39.2 Å². The van der Waals surface area contributed by atoms with E-state index in [4.69, 9.17) is 4.74 Å². The third-order valence-corrected chi connectivity index (χ3v) is 5.06. The number of esters is 1. The van der Waals surface area contributed by atoms with Gasteiger partial charge < -0.3 is 15.4 Å². The summed E-state index contributed by atoms with van der Waals surface area (Å²) < 4.78 is 5.78. The Balaban J connectivity index is 1.88. The van der Waals surface area contributed by atoms with Crippen molar-refractivity contribution in [1.82, 2.24) is 10.2 Å². The van der Waals surface area contributed by atoms with E-state index in [1.54, 1.807) is 26.0 Å². The van der Waals surface area contributed by atoms with Crippen LogP contribution in [0.5, 0.6) is 0 Å². The molecule has 8 nitrogen and oxygen atoms in total. The van der Waals surface area contributed by atoms with Gasteiger partial charge in [-0.1, -0.05) is 29.8 Å². The molecule has 1 aliphatic heterocycles. The number of anilines is 1. The summed E-state index contributed by atoms with van der Waals surface area (Å²) in [5, 5.41) is 5.27. The van der Waals surface area contributed by atoms with Gasteiger partial charge in [0.15, 0.2) is 6.61 Å². The summed E-state index contributed by atoms with van der Waals surface area (Å²) in [4.78, 5) is 49.2. The number of imide groups is 1. The molecule has 27 heavy (non-hydrogen) atoms. The Morgan fingerprint density at radius 1 is 1.26 bits per heavy atom. The molecule has 0 aromatic heterocycles. The summed E-state index contributed by atoms with van der Waals surface area (Å²) in [7, 11) is 0. The van der Waals surface area contributed by atoms with E-state index >= 15 is 0 Å². The number of aryl methyl sites for hydroxylation is 1. The SMILES string of the molecule is CCC1(CC)NC(=O)N(CC(=O)OCC(=O)Nc2ccc(Br)cc2C)C1=O. The average molecular weight is 440 g/mol. The largest absolute Gasteiger partial charge is 0.454 e. The van der Waals surface area contributed by atoms with Crippen molar-refractivity contribution in [2.75, 3.05) is 18.5 Å². The zero-order valence-electron chi connectivity index (χ0n) is 15.4. The average Bonchev–Trinajstić information content (AvgIpc) is 2.87. The molecule has 146 valence electrons.